The maximum absolute atomic E-state index is 2.17. The zero-order valence-corrected chi connectivity index (χ0v) is 9.82. The van der Waals surface area contributed by atoms with Gasteiger partial charge in [0.15, 0.2) is 0 Å². The van der Waals surface area contributed by atoms with Crippen molar-refractivity contribution in [2.45, 2.75) is 0 Å². The minimum absolute atomic E-state index is 1.18. The Bertz CT molecular complexity index is 803. The molecule has 0 unspecified atom stereocenters. The molecular formula is C16H12N2. The van der Waals surface area contributed by atoms with Gasteiger partial charge in [0.25, 0.3) is 0 Å². The van der Waals surface area contributed by atoms with Gasteiger partial charge in [-0.1, -0.05) is 24.3 Å². The quantitative estimate of drug-likeness (QED) is 0.471. The van der Waals surface area contributed by atoms with Crippen LogP contribution in [-0.2, 0) is 0 Å². The monoisotopic (exact) mass is 232 g/mol. The van der Waals surface area contributed by atoms with E-state index >= 15 is 0 Å². The van der Waals surface area contributed by atoms with Crippen molar-refractivity contribution in [1.29, 1.82) is 0 Å². The number of hydrogen-bond acceptors (Lipinski definition) is 0. The van der Waals surface area contributed by atoms with Crippen LogP contribution in [0.15, 0.2) is 73.3 Å². The van der Waals surface area contributed by atoms with Gasteiger partial charge in [-0.05, 0) is 35.0 Å². The Morgan fingerprint density at radius 2 is 1.44 bits per heavy atom. The van der Waals surface area contributed by atoms with Crippen LogP contribution in [0.2, 0.25) is 0 Å². The Morgan fingerprint density at radius 1 is 0.667 bits per heavy atom. The Morgan fingerprint density at radius 3 is 2.22 bits per heavy atom. The molecule has 0 saturated heterocycles. The first kappa shape index (κ1) is 9.54. The summed E-state index contributed by atoms with van der Waals surface area (Å²) < 4.78 is 4.31. The topological polar surface area (TPSA) is 9.34 Å². The molecule has 0 amide bonds. The molecule has 0 N–H and O–H groups in total. The molecule has 0 aliphatic carbocycles. The summed E-state index contributed by atoms with van der Waals surface area (Å²) in [6.45, 7) is 0. The Hall–Kier alpha value is -2.48. The van der Waals surface area contributed by atoms with Crippen LogP contribution in [0, 0.1) is 0 Å². The summed E-state index contributed by atoms with van der Waals surface area (Å²) >= 11 is 0. The van der Waals surface area contributed by atoms with Crippen LogP contribution in [0.3, 0.4) is 0 Å². The maximum Gasteiger partial charge on any atom is 0.0617 e. The van der Waals surface area contributed by atoms with Crippen molar-refractivity contribution < 1.29 is 0 Å². The number of pyridine rings is 1. The molecule has 86 valence electrons. The van der Waals surface area contributed by atoms with Gasteiger partial charge in [0.2, 0.25) is 0 Å². The lowest BCUT2D eigenvalue weighted by Crippen LogP contribution is -1.92. The second kappa shape index (κ2) is 3.50. The molecule has 4 rings (SSSR count). The third-order valence-electron chi connectivity index (χ3n) is 3.36. The van der Waals surface area contributed by atoms with Gasteiger partial charge in [-0.2, -0.15) is 0 Å². The van der Waals surface area contributed by atoms with Gasteiger partial charge in [-0.15, -0.1) is 0 Å². The van der Waals surface area contributed by atoms with E-state index in [1.807, 2.05) is 0 Å². The normalized spacial score (nSPS) is 11.3. The molecule has 4 aromatic rings. The second-order valence-corrected chi connectivity index (χ2v) is 4.52. The molecule has 3 heterocycles. The van der Waals surface area contributed by atoms with E-state index in [-0.39, 0.29) is 0 Å². The Labute approximate surface area is 105 Å². The van der Waals surface area contributed by atoms with Crippen LogP contribution < -0.4 is 0 Å². The SMILES string of the molecule is c1ccc2cn(-c3ccc4cccn4c3)cc2c1. The molecule has 1 aromatic carbocycles. The number of aromatic nitrogens is 2. The Kier molecular flexibility index (Phi) is 1.86. The van der Waals surface area contributed by atoms with E-state index in [1.54, 1.807) is 0 Å². The largest absolute Gasteiger partial charge is 0.322 e. The van der Waals surface area contributed by atoms with Gasteiger partial charge < -0.3 is 8.97 Å². The predicted octanol–water partition coefficient (Wildman–Crippen LogP) is 3.88. The van der Waals surface area contributed by atoms with Crippen LogP contribution in [-0.4, -0.2) is 8.97 Å². The van der Waals surface area contributed by atoms with Gasteiger partial charge >= 0.3 is 0 Å². The lowest BCUT2D eigenvalue weighted by molar-refractivity contribution is 1.05. The minimum Gasteiger partial charge on any atom is -0.322 e. The van der Waals surface area contributed by atoms with Crippen molar-refractivity contribution in [2.24, 2.45) is 0 Å². The molecule has 0 aliphatic heterocycles. The summed E-state index contributed by atoms with van der Waals surface area (Å²) in [5.74, 6) is 0. The fraction of sp³-hybridized carbons (Fsp3) is 0. The highest BCUT2D eigenvalue weighted by atomic mass is 15.0. The van der Waals surface area contributed by atoms with E-state index in [0.29, 0.717) is 0 Å². The van der Waals surface area contributed by atoms with Crippen molar-refractivity contribution in [3.8, 4) is 5.69 Å². The number of fused-ring (bicyclic) bond motifs is 2. The summed E-state index contributed by atoms with van der Waals surface area (Å²) in [5, 5.41) is 2.54. The number of benzene rings is 1. The number of hydrogen-bond donors (Lipinski definition) is 0. The standard InChI is InChI=1S/C16H12N2/c1-2-5-14-11-18(10-13(14)4-1)16-8-7-15-6-3-9-17(15)12-16/h1-12H. The molecule has 0 spiro atoms. The van der Waals surface area contributed by atoms with E-state index in [9.17, 15) is 0 Å². The first-order valence-corrected chi connectivity index (χ1v) is 6.04. The van der Waals surface area contributed by atoms with Crippen LogP contribution in [0.4, 0.5) is 0 Å². The molecule has 2 nitrogen and oxygen atoms in total. The molecule has 2 heteroatoms. The van der Waals surface area contributed by atoms with Crippen molar-refractivity contribution >= 4 is 16.3 Å². The maximum atomic E-state index is 2.17. The molecule has 18 heavy (non-hydrogen) atoms. The van der Waals surface area contributed by atoms with Gasteiger partial charge in [-0.25, -0.2) is 0 Å². The number of nitrogens with zero attached hydrogens (tertiary/aromatic N) is 2. The fourth-order valence-electron chi connectivity index (χ4n) is 2.41. The third kappa shape index (κ3) is 1.36. The first-order valence-electron chi connectivity index (χ1n) is 6.04. The summed E-state index contributed by atoms with van der Waals surface area (Å²) in [6, 6.07) is 16.9. The van der Waals surface area contributed by atoms with E-state index in [1.165, 1.54) is 22.0 Å². The second-order valence-electron chi connectivity index (χ2n) is 4.52. The number of rotatable bonds is 1. The minimum atomic E-state index is 1.18. The summed E-state index contributed by atoms with van der Waals surface area (Å²) in [6.07, 6.45) is 8.55. The fourth-order valence-corrected chi connectivity index (χ4v) is 2.41. The molecule has 0 fully saturated rings. The molecule has 0 saturated carbocycles. The zero-order chi connectivity index (χ0) is 11.9. The molecular weight excluding hydrogens is 220 g/mol. The van der Waals surface area contributed by atoms with Crippen LogP contribution in [0.25, 0.3) is 22.0 Å². The smallest absolute Gasteiger partial charge is 0.0617 e. The predicted molar refractivity (Wildman–Crippen MR) is 74.2 cm³/mol. The van der Waals surface area contributed by atoms with E-state index in [0.717, 1.165) is 0 Å². The molecule has 0 radical (unpaired) electrons. The van der Waals surface area contributed by atoms with Crippen molar-refractivity contribution in [3.05, 3.63) is 73.3 Å². The van der Waals surface area contributed by atoms with Crippen LogP contribution in [0.5, 0.6) is 0 Å². The molecule has 0 aliphatic rings. The first-order chi connectivity index (χ1) is 8.90. The van der Waals surface area contributed by atoms with Gasteiger partial charge in [0.1, 0.15) is 0 Å². The highest BCUT2D eigenvalue weighted by Gasteiger charge is 2.01. The zero-order valence-electron chi connectivity index (χ0n) is 9.82. The summed E-state index contributed by atoms with van der Waals surface area (Å²) in [5.41, 5.74) is 2.39. The average molecular weight is 232 g/mol. The van der Waals surface area contributed by atoms with Crippen molar-refractivity contribution in [3.63, 3.8) is 0 Å². The molecule has 0 bridgehead atoms. The molecule has 0 atom stereocenters. The van der Waals surface area contributed by atoms with E-state index in [4.69, 9.17) is 0 Å². The summed E-state index contributed by atoms with van der Waals surface area (Å²) in [4.78, 5) is 0. The van der Waals surface area contributed by atoms with Gasteiger partial charge in [0.05, 0.1) is 5.69 Å². The Balaban J connectivity index is 1.94. The van der Waals surface area contributed by atoms with Crippen molar-refractivity contribution in [2.75, 3.05) is 0 Å². The van der Waals surface area contributed by atoms with E-state index < -0.39 is 0 Å². The summed E-state index contributed by atoms with van der Waals surface area (Å²) in [7, 11) is 0. The van der Waals surface area contributed by atoms with E-state index in [2.05, 4.69) is 82.3 Å². The lowest BCUT2D eigenvalue weighted by Gasteiger charge is -2.03. The lowest BCUT2D eigenvalue weighted by atomic mass is 10.2. The highest BCUT2D eigenvalue weighted by molar-refractivity contribution is 5.82. The van der Waals surface area contributed by atoms with Crippen LogP contribution in [0.1, 0.15) is 0 Å². The highest BCUT2D eigenvalue weighted by Crippen LogP contribution is 2.19. The van der Waals surface area contributed by atoms with Crippen molar-refractivity contribution in [1.82, 2.24) is 8.97 Å². The van der Waals surface area contributed by atoms with Crippen LogP contribution >= 0.6 is 0 Å². The van der Waals surface area contributed by atoms with Gasteiger partial charge in [-0.3, -0.25) is 0 Å². The molecule has 3 aromatic heterocycles. The third-order valence-corrected chi connectivity index (χ3v) is 3.36. The average Bonchev–Trinajstić information content (AvgIpc) is 3.04. The van der Waals surface area contributed by atoms with Gasteiger partial charge in [0, 0.05) is 30.3 Å².